The Morgan fingerprint density at radius 2 is 1.47 bits per heavy atom. The van der Waals surface area contributed by atoms with E-state index < -0.39 is 0 Å². The molecule has 2 aliphatic carbocycles. The Kier molecular flexibility index (Phi) is 11.3. The molecule has 0 amide bonds. The summed E-state index contributed by atoms with van der Waals surface area (Å²) in [5.41, 5.74) is 1.06. The zero-order valence-corrected chi connectivity index (χ0v) is 20.8. The molecule has 1 heteroatoms. The number of ether oxygens (including phenoxy) is 1. The van der Waals surface area contributed by atoms with Crippen molar-refractivity contribution in [2.45, 2.75) is 104 Å². The van der Waals surface area contributed by atoms with E-state index in [2.05, 4.69) is 50.0 Å². The molecule has 0 saturated heterocycles. The fourth-order valence-electron chi connectivity index (χ4n) is 5.72. The van der Waals surface area contributed by atoms with Crippen LogP contribution in [0.2, 0.25) is 0 Å². The Bertz CT molecular complexity index is 703. The molecule has 1 aromatic carbocycles. The van der Waals surface area contributed by atoms with Crippen LogP contribution < -0.4 is 4.74 Å². The Labute approximate surface area is 198 Å². The Morgan fingerprint density at radius 1 is 0.812 bits per heavy atom. The second-order valence-electron chi connectivity index (χ2n) is 10.3. The monoisotopic (exact) mass is 434 g/mol. The van der Waals surface area contributed by atoms with E-state index in [4.69, 9.17) is 4.74 Å². The molecule has 0 spiro atoms. The van der Waals surface area contributed by atoms with Crippen molar-refractivity contribution in [1.29, 1.82) is 0 Å². The van der Waals surface area contributed by atoms with Crippen molar-refractivity contribution in [2.24, 2.45) is 23.7 Å². The SMILES string of the molecule is CCCCC[C@H]1CC[C@H](C2CCC(/C=C/C#Cc3ccc(OCCCC)cc3)CC2)CC1. The van der Waals surface area contributed by atoms with Gasteiger partial charge in [0.05, 0.1) is 6.61 Å². The van der Waals surface area contributed by atoms with Crippen LogP contribution in [0.5, 0.6) is 5.75 Å². The standard InChI is InChI=1S/C31H46O/c1-3-5-7-10-26-13-19-29(20-14-26)30-21-15-27(16-22-30)11-8-9-12-28-17-23-31(24-18-28)32-25-6-4-2/h8,11,17-18,23-24,26-27,29-30H,3-7,10,13-16,19-22,25H2,1-2H3/b11-8+/t26-,27?,29-,30?. The second kappa shape index (κ2) is 14.5. The van der Waals surface area contributed by atoms with Gasteiger partial charge in [0.1, 0.15) is 5.75 Å². The van der Waals surface area contributed by atoms with Crippen molar-refractivity contribution in [3.63, 3.8) is 0 Å². The Balaban J connectivity index is 1.33. The molecule has 3 rings (SSSR count). The normalized spacial score (nSPS) is 25.9. The topological polar surface area (TPSA) is 9.23 Å². The van der Waals surface area contributed by atoms with Gasteiger partial charge in [-0.1, -0.05) is 76.7 Å². The van der Waals surface area contributed by atoms with E-state index in [0.29, 0.717) is 0 Å². The van der Waals surface area contributed by atoms with Crippen LogP contribution in [0.1, 0.15) is 109 Å². The highest BCUT2D eigenvalue weighted by Gasteiger charge is 2.30. The first-order valence-corrected chi connectivity index (χ1v) is 13.7. The molecule has 0 atom stereocenters. The summed E-state index contributed by atoms with van der Waals surface area (Å²) in [4.78, 5) is 0. The van der Waals surface area contributed by atoms with E-state index in [1.54, 1.807) is 0 Å². The molecule has 1 aromatic rings. The lowest BCUT2D eigenvalue weighted by Gasteiger charge is -2.37. The van der Waals surface area contributed by atoms with Gasteiger partial charge in [0.25, 0.3) is 0 Å². The molecule has 0 radical (unpaired) electrons. The summed E-state index contributed by atoms with van der Waals surface area (Å²) in [6.07, 6.45) is 24.1. The molecule has 1 nitrogen and oxygen atoms in total. The van der Waals surface area contributed by atoms with Crippen LogP contribution in [0, 0.1) is 35.5 Å². The van der Waals surface area contributed by atoms with E-state index in [9.17, 15) is 0 Å². The zero-order chi connectivity index (χ0) is 22.4. The van der Waals surface area contributed by atoms with Crippen LogP contribution in [0.3, 0.4) is 0 Å². The first-order valence-electron chi connectivity index (χ1n) is 13.7. The summed E-state index contributed by atoms with van der Waals surface area (Å²) in [5, 5.41) is 0. The summed E-state index contributed by atoms with van der Waals surface area (Å²) in [6, 6.07) is 8.18. The minimum absolute atomic E-state index is 0.736. The third-order valence-electron chi connectivity index (χ3n) is 7.88. The van der Waals surface area contributed by atoms with Gasteiger partial charge in [0.2, 0.25) is 0 Å². The van der Waals surface area contributed by atoms with Gasteiger partial charge in [-0.2, -0.15) is 0 Å². The maximum absolute atomic E-state index is 5.72. The number of allylic oxidation sites excluding steroid dienone is 2. The lowest BCUT2D eigenvalue weighted by molar-refractivity contribution is 0.151. The molecule has 0 aliphatic heterocycles. The molecule has 0 heterocycles. The van der Waals surface area contributed by atoms with Crippen molar-refractivity contribution >= 4 is 0 Å². The van der Waals surface area contributed by atoms with E-state index in [0.717, 1.165) is 54.4 Å². The fraction of sp³-hybridized carbons (Fsp3) is 0.677. The van der Waals surface area contributed by atoms with Crippen molar-refractivity contribution in [2.75, 3.05) is 6.61 Å². The van der Waals surface area contributed by atoms with Gasteiger partial charge in [-0.25, -0.2) is 0 Å². The summed E-state index contributed by atoms with van der Waals surface area (Å²) >= 11 is 0. The smallest absolute Gasteiger partial charge is 0.119 e. The van der Waals surface area contributed by atoms with Crippen LogP contribution in [0.25, 0.3) is 0 Å². The number of benzene rings is 1. The summed E-state index contributed by atoms with van der Waals surface area (Å²) in [6.45, 7) is 5.30. The summed E-state index contributed by atoms with van der Waals surface area (Å²) in [5.74, 6) is 11.3. The Hall–Kier alpha value is -1.68. The van der Waals surface area contributed by atoms with Crippen LogP contribution in [-0.4, -0.2) is 6.61 Å². The van der Waals surface area contributed by atoms with Crippen molar-refractivity contribution in [3.05, 3.63) is 42.0 Å². The molecule has 0 unspecified atom stereocenters. The van der Waals surface area contributed by atoms with Gasteiger partial charge in [0.15, 0.2) is 0 Å². The molecule has 0 N–H and O–H groups in total. The third kappa shape index (κ3) is 8.69. The van der Waals surface area contributed by atoms with Crippen LogP contribution in [0.15, 0.2) is 36.4 Å². The molecular formula is C31H46O. The molecule has 2 fully saturated rings. The molecular weight excluding hydrogens is 388 g/mol. The van der Waals surface area contributed by atoms with Gasteiger partial charge < -0.3 is 4.74 Å². The third-order valence-corrected chi connectivity index (χ3v) is 7.88. The number of hydrogen-bond donors (Lipinski definition) is 0. The van der Waals surface area contributed by atoms with Crippen molar-refractivity contribution in [1.82, 2.24) is 0 Å². The van der Waals surface area contributed by atoms with Crippen molar-refractivity contribution in [3.8, 4) is 17.6 Å². The van der Waals surface area contributed by atoms with E-state index >= 15 is 0 Å². The highest BCUT2D eigenvalue weighted by Crippen LogP contribution is 2.42. The molecule has 0 bridgehead atoms. The first kappa shape index (κ1) is 25.0. The summed E-state index contributed by atoms with van der Waals surface area (Å²) in [7, 11) is 0. The average Bonchev–Trinajstić information content (AvgIpc) is 2.84. The zero-order valence-electron chi connectivity index (χ0n) is 20.8. The number of rotatable bonds is 10. The number of hydrogen-bond acceptors (Lipinski definition) is 1. The molecule has 176 valence electrons. The molecule has 2 saturated carbocycles. The maximum Gasteiger partial charge on any atom is 0.119 e. The van der Waals surface area contributed by atoms with Crippen molar-refractivity contribution < 1.29 is 4.74 Å². The maximum atomic E-state index is 5.72. The van der Waals surface area contributed by atoms with Gasteiger partial charge in [0, 0.05) is 5.56 Å². The van der Waals surface area contributed by atoms with Crippen LogP contribution in [0.4, 0.5) is 0 Å². The van der Waals surface area contributed by atoms with Gasteiger partial charge >= 0.3 is 0 Å². The van der Waals surface area contributed by atoms with Gasteiger partial charge in [-0.3, -0.25) is 0 Å². The van der Waals surface area contributed by atoms with E-state index in [-0.39, 0.29) is 0 Å². The largest absolute Gasteiger partial charge is 0.494 e. The molecule has 0 aromatic heterocycles. The number of unbranched alkanes of at least 4 members (excludes halogenated alkanes) is 3. The first-order chi connectivity index (χ1) is 15.8. The second-order valence-corrected chi connectivity index (χ2v) is 10.3. The predicted molar refractivity (Wildman–Crippen MR) is 138 cm³/mol. The van der Waals surface area contributed by atoms with E-state index in [1.165, 1.54) is 77.0 Å². The highest BCUT2D eigenvalue weighted by molar-refractivity contribution is 5.40. The predicted octanol–water partition coefficient (Wildman–Crippen LogP) is 8.97. The lowest BCUT2D eigenvalue weighted by atomic mass is 9.68. The van der Waals surface area contributed by atoms with Crippen LogP contribution >= 0.6 is 0 Å². The Morgan fingerprint density at radius 3 is 2.12 bits per heavy atom. The van der Waals surface area contributed by atoms with Gasteiger partial charge in [-0.05, 0) is 99.0 Å². The highest BCUT2D eigenvalue weighted by atomic mass is 16.5. The van der Waals surface area contributed by atoms with E-state index in [1.807, 2.05) is 12.1 Å². The minimum atomic E-state index is 0.736. The average molecular weight is 435 g/mol. The minimum Gasteiger partial charge on any atom is -0.494 e. The summed E-state index contributed by atoms with van der Waals surface area (Å²) < 4.78 is 5.72. The molecule has 32 heavy (non-hydrogen) atoms. The lowest BCUT2D eigenvalue weighted by Crippen LogP contribution is -2.25. The fourth-order valence-corrected chi connectivity index (χ4v) is 5.72. The van der Waals surface area contributed by atoms with Gasteiger partial charge in [-0.15, -0.1) is 0 Å². The quantitative estimate of drug-likeness (QED) is 0.264. The van der Waals surface area contributed by atoms with Crippen LogP contribution in [-0.2, 0) is 0 Å². The molecule has 2 aliphatic rings.